The molecule has 1 fully saturated rings. The van der Waals surface area contributed by atoms with Gasteiger partial charge in [0.1, 0.15) is 16.9 Å². The van der Waals surface area contributed by atoms with Crippen molar-refractivity contribution < 1.29 is 13.8 Å². The zero-order valence-corrected chi connectivity index (χ0v) is 17.5. The van der Waals surface area contributed by atoms with E-state index in [2.05, 4.69) is 22.1 Å². The molecule has 1 saturated heterocycles. The maximum absolute atomic E-state index is 13.1. The Balaban J connectivity index is 1.42. The van der Waals surface area contributed by atoms with Crippen molar-refractivity contribution in [3.63, 3.8) is 0 Å². The van der Waals surface area contributed by atoms with E-state index in [0.29, 0.717) is 28.2 Å². The lowest BCUT2D eigenvalue weighted by Crippen LogP contribution is -2.57. The van der Waals surface area contributed by atoms with Crippen LogP contribution >= 0.6 is 11.6 Å². The molecule has 2 heterocycles. The molecule has 1 aliphatic heterocycles. The van der Waals surface area contributed by atoms with Gasteiger partial charge in [-0.2, -0.15) is 0 Å². The van der Waals surface area contributed by atoms with Gasteiger partial charge in [-0.15, -0.1) is 0 Å². The van der Waals surface area contributed by atoms with Crippen molar-refractivity contribution in [2.75, 3.05) is 13.1 Å². The molecule has 1 aromatic heterocycles. The molecule has 1 aliphatic rings. The topological polar surface area (TPSA) is 62.5 Å². The van der Waals surface area contributed by atoms with Crippen LogP contribution in [0.2, 0.25) is 5.02 Å². The van der Waals surface area contributed by atoms with Crippen LogP contribution in [-0.4, -0.2) is 51.2 Å². The van der Waals surface area contributed by atoms with Gasteiger partial charge in [-0.05, 0) is 65.6 Å². The Morgan fingerprint density at radius 2 is 1.87 bits per heavy atom. The maximum Gasteiger partial charge on any atom is 0.246 e. The zero-order chi connectivity index (χ0) is 21.3. The van der Waals surface area contributed by atoms with Crippen molar-refractivity contribution in [3.8, 4) is 0 Å². The number of carbonyl (C=O) groups excluding carboxylic acids is 1. The van der Waals surface area contributed by atoms with Gasteiger partial charge in [-0.3, -0.25) is 9.69 Å². The second-order valence-corrected chi connectivity index (χ2v) is 8.11. The Morgan fingerprint density at radius 1 is 1.17 bits per heavy atom. The van der Waals surface area contributed by atoms with E-state index in [4.69, 9.17) is 16.2 Å². The number of hydrogen-bond acceptors (Lipinski definition) is 5. The molecule has 0 saturated carbocycles. The van der Waals surface area contributed by atoms with E-state index >= 15 is 0 Å². The van der Waals surface area contributed by atoms with Gasteiger partial charge in [0.25, 0.3) is 0 Å². The summed E-state index contributed by atoms with van der Waals surface area (Å²) in [4.78, 5) is 17.0. The van der Waals surface area contributed by atoms with E-state index in [1.165, 1.54) is 12.1 Å². The van der Waals surface area contributed by atoms with Gasteiger partial charge in [0.05, 0.1) is 5.02 Å². The normalized spacial score (nSPS) is 20.3. The van der Waals surface area contributed by atoms with Crippen LogP contribution in [0.1, 0.15) is 25.0 Å². The Hall–Kier alpha value is -2.77. The highest BCUT2D eigenvalue weighted by molar-refractivity contribution is 6.32. The number of fused-ring (bicyclic) bond motifs is 1. The Kier molecular flexibility index (Phi) is 5.83. The molecule has 0 bridgehead atoms. The van der Waals surface area contributed by atoms with E-state index in [9.17, 15) is 9.18 Å². The summed E-state index contributed by atoms with van der Waals surface area (Å²) in [5, 5.41) is 8.04. The molecule has 0 N–H and O–H groups in total. The summed E-state index contributed by atoms with van der Waals surface area (Å²) in [5.41, 5.74) is 2.90. The van der Waals surface area contributed by atoms with Gasteiger partial charge in [0.15, 0.2) is 0 Å². The third-order valence-electron chi connectivity index (χ3n) is 5.47. The second-order valence-electron chi connectivity index (χ2n) is 7.70. The summed E-state index contributed by atoms with van der Waals surface area (Å²) in [7, 11) is 0. The summed E-state index contributed by atoms with van der Waals surface area (Å²) in [6.07, 6.45) is 3.24. The summed E-state index contributed by atoms with van der Waals surface area (Å²) < 4.78 is 17.8. The lowest BCUT2D eigenvalue weighted by atomic mass is 10.1. The third kappa shape index (κ3) is 4.37. The average Bonchev–Trinajstić information content (AvgIpc) is 3.17. The van der Waals surface area contributed by atoms with Crippen molar-refractivity contribution in [1.82, 2.24) is 20.1 Å². The summed E-state index contributed by atoms with van der Waals surface area (Å²) in [5.74, 6) is -0.299. The van der Waals surface area contributed by atoms with Crippen LogP contribution in [0.3, 0.4) is 0 Å². The first-order valence-corrected chi connectivity index (χ1v) is 10.2. The van der Waals surface area contributed by atoms with E-state index in [1.807, 2.05) is 11.8 Å². The zero-order valence-electron chi connectivity index (χ0n) is 16.8. The number of hydrogen-bond donors (Lipinski definition) is 0. The first-order chi connectivity index (χ1) is 14.4. The number of piperazine rings is 1. The third-order valence-corrected chi connectivity index (χ3v) is 5.80. The molecule has 2 atom stereocenters. The van der Waals surface area contributed by atoms with Crippen LogP contribution < -0.4 is 0 Å². The van der Waals surface area contributed by atoms with Crippen LogP contribution in [0, 0.1) is 5.82 Å². The fraction of sp³-hybridized carbons (Fsp3) is 0.318. The molecule has 6 nitrogen and oxygen atoms in total. The number of amides is 1. The number of aromatic nitrogens is 2. The number of halogens is 2. The molecule has 8 heteroatoms. The molecule has 3 aromatic rings. The second kappa shape index (κ2) is 8.53. The molecule has 4 rings (SSSR count). The molecule has 0 spiro atoms. The molecule has 30 heavy (non-hydrogen) atoms. The van der Waals surface area contributed by atoms with Crippen LogP contribution in [0.25, 0.3) is 17.1 Å². The lowest BCUT2D eigenvalue weighted by Gasteiger charge is -2.44. The maximum atomic E-state index is 13.1. The van der Waals surface area contributed by atoms with E-state index in [1.54, 1.807) is 36.4 Å². The standard InChI is InChI=1S/C22H22ClFN4O2/c1-14-12-28(15(2)11-27(14)13-16-3-6-18(24)7-4-16)22(29)8-5-17-9-20-21(10-19(17)23)26-30-25-20/h3-10,14-15H,11-13H2,1-2H3/t14-,15+/m0/s1. The van der Waals surface area contributed by atoms with Crippen molar-refractivity contribution in [1.29, 1.82) is 0 Å². The van der Waals surface area contributed by atoms with Crippen LogP contribution in [-0.2, 0) is 11.3 Å². The predicted molar refractivity (Wildman–Crippen MR) is 113 cm³/mol. The lowest BCUT2D eigenvalue weighted by molar-refractivity contribution is -0.131. The summed E-state index contributed by atoms with van der Waals surface area (Å²) in [6, 6.07) is 10.2. The van der Waals surface area contributed by atoms with Gasteiger partial charge in [-0.25, -0.2) is 9.02 Å². The molecule has 156 valence electrons. The Bertz CT molecular complexity index is 1080. The van der Waals surface area contributed by atoms with Crippen molar-refractivity contribution in [2.45, 2.75) is 32.5 Å². The van der Waals surface area contributed by atoms with Gasteiger partial charge in [0.2, 0.25) is 5.91 Å². The van der Waals surface area contributed by atoms with Crippen molar-refractivity contribution >= 4 is 34.6 Å². The monoisotopic (exact) mass is 428 g/mol. The molecule has 0 radical (unpaired) electrons. The highest BCUT2D eigenvalue weighted by atomic mass is 35.5. The molecular weight excluding hydrogens is 407 g/mol. The van der Waals surface area contributed by atoms with E-state index in [0.717, 1.165) is 18.7 Å². The van der Waals surface area contributed by atoms with Crippen LogP contribution in [0.5, 0.6) is 0 Å². The smallest absolute Gasteiger partial charge is 0.246 e. The fourth-order valence-electron chi connectivity index (χ4n) is 3.76. The van der Waals surface area contributed by atoms with Crippen LogP contribution in [0.15, 0.2) is 47.1 Å². The minimum absolute atomic E-state index is 0.0523. The minimum atomic E-state index is -0.235. The highest BCUT2D eigenvalue weighted by Gasteiger charge is 2.31. The SMILES string of the molecule is C[C@@H]1CN(Cc2ccc(F)cc2)[C@@H](C)CN1C(=O)C=Cc1cc2nonc2cc1Cl. The van der Waals surface area contributed by atoms with Crippen LogP contribution in [0.4, 0.5) is 4.39 Å². The number of carbonyl (C=O) groups is 1. The highest BCUT2D eigenvalue weighted by Crippen LogP contribution is 2.24. The number of rotatable bonds is 4. The molecule has 0 aliphatic carbocycles. The first-order valence-electron chi connectivity index (χ1n) is 9.79. The van der Waals surface area contributed by atoms with Crippen molar-refractivity contribution in [2.24, 2.45) is 0 Å². The Morgan fingerprint density at radius 3 is 2.60 bits per heavy atom. The minimum Gasteiger partial charge on any atom is -0.334 e. The fourth-order valence-corrected chi connectivity index (χ4v) is 3.98. The molecule has 2 aromatic carbocycles. The van der Waals surface area contributed by atoms with Gasteiger partial charge in [-0.1, -0.05) is 23.7 Å². The first kappa shape index (κ1) is 20.5. The Labute approximate surface area is 178 Å². The molecule has 1 amide bonds. The predicted octanol–water partition coefficient (Wildman–Crippen LogP) is 4.15. The summed E-state index contributed by atoms with van der Waals surface area (Å²) >= 11 is 6.27. The van der Waals surface area contributed by atoms with Crippen molar-refractivity contribution in [3.05, 3.63) is 64.4 Å². The largest absolute Gasteiger partial charge is 0.334 e. The average molecular weight is 429 g/mol. The summed E-state index contributed by atoms with van der Waals surface area (Å²) in [6.45, 7) is 6.23. The number of benzene rings is 2. The van der Waals surface area contributed by atoms with Gasteiger partial charge in [0, 0.05) is 37.8 Å². The van der Waals surface area contributed by atoms with Gasteiger partial charge < -0.3 is 4.90 Å². The van der Waals surface area contributed by atoms with Gasteiger partial charge >= 0.3 is 0 Å². The van der Waals surface area contributed by atoms with E-state index in [-0.39, 0.29) is 23.8 Å². The molecule has 0 unspecified atom stereocenters. The van der Waals surface area contributed by atoms with E-state index < -0.39 is 0 Å². The molecular formula is C22H22ClFN4O2. The quantitative estimate of drug-likeness (QED) is 0.584. The number of nitrogens with zero attached hydrogens (tertiary/aromatic N) is 4.